The number of anilines is 5. The summed E-state index contributed by atoms with van der Waals surface area (Å²) < 4.78 is 8.95. The van der Waals surface area contributed by atoms with Crippen LogP contribution in [0, 0.1) is 18.8 Å². The molecule has 0 saturated carbocycles. The minimum absolute atomic E-state index is 0. The number of fused-ring (bicyclic) bond motifs is 3. The van der Waals surface area contributed by atoms with Crippen molar-refractivity contribution < 1.29 is 25.8 Å². The molecule has 0 fully saturated rings. The van der Waals surface area contributed by atoms with Crippen LogP contribution in [0.15, 0.2) is 157 Å². The summed E-state index contributed by atoms with van der Waals surface area (Å²) in [7, 11) is 0. The van der Waals surface area contributed by atoms with Crippen LogP contribution in [0.5, 0.6) is 11.5 Å². The number of benzene rings is 6. The van der Waals surface area contributed by atoms with E-state index in [0.717, 1.165) is 44.6 Å². The van der Waals surface area contributed by atoms with E-state index in [1.807, 2.05) is 47.5 Å². The molecule has 310 valence electrons. The van der Waals surface area contributed by atoms with Crippen LogP contribution in [0.25, 0.3) is 27.6 Å². The molecule has 0 amide bonds. The van der Waals surface area contributed by atoms with Crippen molar-refractivity contribution in [1.82, 2.24) is 9.55 Å². The van der Waals surface area contributed by atoms with Crippen LogP contribution in [0.4, 0.5) is 28.4 Å². The molecule has 6 aromatic carbocycles. The first-order chi connectivity index (χ1) is 29.4. The van der Waals surface area contributed by atoms with E-state index in [9.17, 15) is 0 Å². The van der Waals surface area contributed by atoms with E-state index < -0.39 is 0 Å². The SMILES string of the molecule is CC(C)(C)c1cc(Oc2[c-]c3c(cc2)c2ccccc2n3-c2cc(C(C)(C)C)ccn2)[c-]c(N2C=CN(c3cc4c5c(c3)Sc3cccc6c3N5c3c(cccc3S4)S6)[CH-]2)c1.[Pt]. The summed E-state index contributed by atoms with van der Waals surface area (Å²) >= 11 is 5.62. The van der Waals surface area contributed by atoms with Crippen molar-refractivity contribution in [2.75, 3.05) is 14.7 Å². The fourth-order valence-corrected chi connectivity index (χ4v) is 12.3. The number of hydrogen-bond acceptors (Lipinski definition) is 8. The molecule has 0 bridgehead atoms. The predicted octanol–water partition coefficient (Wildman–Crippen LogP) is 14.9. The van der Waals surface area contributed by atoms with Crippen molar-refractivity contribution in [2.24, 2.45) is 0 Å². The number of aromatic nitrogens is 2. The molecule has 6 nitrogen and oxygen atoms in total. The van der Waals surface area contributed by atoms with Gasteiger partial charge in [0.05, 0.1) is 17.1 Å². The normalized spacial score (nSPS) is 14.7. The van der Waals surface area contributed by atoms with Crippen LogP contribution in [-0.2, 0) is 31.9 Å². The predicted molar refractivity (Wildman–Crippen MR) is 252 cm³/mol. The molecular formula is C52H40N5OPtS3-3. The third-order valence-electron chi connectivity index (χ3n) is 11.8. The third-order valence-corrected chi connectivity index (χ3v) is 15.1. The Balaban J connectivity index is 0.00000432. The van der Waals surface area contributed by atoms with Crippen LogP contribution < -0.4 is 19.4 Å². The number of para-hydroxylation sites is 3. The summed E-state index contributed by atoms with van der Waals surface area (Å²) in [6.45, 7) is 15.5. The fraction of sp³-hybridized carbons (Fsp3) is 0.154. The Kier molecular flexibility index (Phi) is 9.30. The number of hydrogen-bond donors (Lipinski definition) is 0. The van der Waals surface area contributed by atoms with Gasteiger partial charge in [-0.05, 0) is 88.8 Å². The largest absolute Gasteiger partial charge is 0.509 e. The molecule has 0 radical (unpaired) electrons. The molecule has 0 aliphatic carbocycles. The quantitative estimate of drug-likeness (QED) is 0.158. The second-order valence-electron chi connectivity index (χ2n) is 17.9. The maximum Gasteiger partial charge on any atom is 0.135 e. The molecule has 12 rings (SSSR count). The number of pyridine rings is 1. The van der Waals surface area contributed by atoms with Gasteiger partial charge in [0.1, 0.15) is 5.82 Å². The Morgan fingerprint density at radius 3 is 1.89 bits per heavy atom. The van der Waals surface area contributed by atoms with Gasteiger partial charge in [-0.15, -0.1) is 53.6 Å². The van der Waals surface area contributed by atoms with Crippen molar-refractivity contribution in [1.29, 1.82) is 0 Å². The van der Waals surface area contributed by atoms with Gasteiger partial charge in [0, 0.05) is 79.3 Å². The van der Waals surface area contributed by atoms with Crippen molar-refractivity contribution in [3.8, 4) is 17.3 Å². The van der Waals surface area contributed by atoms with Crippen LogP contribution >= 0.6 is 35.3 Å². The summed E-state index contributed by atoms with van der Waals surface area (Å²) in [6, 6.07) is 46.6. The molecule has 0 unspecified atom stereocenters. The molecule has 4 aliphatic heterocycles. The average molecular weight is 1040 g/mol. The van der Waals surface area contributed by atoms with Crippen molar-refractivity contribution in [2.45, 2.75) is 81.7 Å². The summed E-state index contributed by atoms with van der Waals surface area (Å²) in [4.78, 5) is 19.5. The molecular weight excluding hydrogens is 1000 g/mol. The first-order valence-corrected chi connectivity index (χ1v) is 23.0. The third kappa shape index (κ3) is 6.41. The standard InChI is InChI=1S/C52H40N5OS3.Pt/c1-51(2,3)31-19-20-53-47(25-31)56-39-12-8-7-11-37(39)38-18-17-35(29-40(38)56)58-36-24-32(52(4,5)6)23-33(26-36)54-21-22-55(30-54)34-27-45-50-46(28-34)61-44-16-10-14-42-49(44)57(50)48-41(59-42)13-9-15-43(48)60-45;/h7-25,27-28,30H,1-6H3;/q-3;. The maximum atomic E-state index is 6.74. The zero-order valence-corrected chi connectivity index (χ0v) is 39.6. The molecule has 6 heterocycles. The van der Waals surface area contributed by atoms with E-state index in [-0.39, 0.29) is 31.9 Å². The van der Waals surface area contributed by atoms with Gasteiger partial charge < -0.3 is 24.0 Å². The molecule has 2 aromatic heterocycles. The Bertz CT molecular complexity index is 3120. The maximum absolute atomic E-state index is 6.74. The minimum Gasteiger partial charge on any atom is -0.509 e. The number of nitrogens with zero attached hydrogens (tertiary/aromatic N) is 5. The zero-order chi connectivity index (χ0) is 41.4. The van der Waals surface area contributed by atoms with Crippen molar-refractivity contribution in [3.05, 3.63) is 158 Å². The minimum atomic E-state index is -0.135. The Hall–Kier alpha value is -5.05. The molecule has 0 atom stereocenters. The first-order valence-electron chi connectivity index (χ1n) is 20.5. The monoisotopic (exact) mass is 1040 g/mol. The smallest absolute Gasteiger partial charge is 0.135 e. The molecule has 0 N–H and O–H groups in total. The Labute approximate surface area is 389 Å². The van der Waals surface area contributed by atoms with Gasteiger partial charge in [-0.25, -0.2) is 4.98 Å². The summed E-state index contributed by atoms with van der Waals surface area (Å²) in [5.74, 6) is 2.11. The summed E-state index contributed by atoms with van der Waals surface area (Å²) in [5.41, 5.74) is 10.1. The summed E-state index contributed by atoms with van der Waals surface area (Å²) in [5, 5.41) is 2.25. The van der Waals surface area contributed by atoms with Gasteiger partial charge >= 0.3 is 0 Å². The van der Waals surface area contributed by atoms with Gasteiger partial charge in [-0.2, -0.15) is 6.07 Å². The number of ether oxygens (including phenoxy) is 1. The second kappa shape index (κ2) is 14.5. The van der Waals surface area contributed by atoms with Gasteiger partial charge in [-0.3, -0.25) is 0 Å². The van der Waals surface area contributed by atoms with E-state index in [0.29, 0.717) is 11.5 Å². The molecule has 62 heavy (non-hydrogen) atoms. The van der Waals surface area contributed by atoms with Gasteiger partial charge in [0.25, 0.3) is 0 Å². The van der Waals surface area contributed by atoms with E-state index in [2.05, 4.69) is 195 Å². The molecule has 0 saturated heterocycles. The van der Waals surface area contributed by atoms with Gasteiger partial charge in [0.2, 0.25) is 0 Å². The summed E-state index contributed by atoms with van der Waals surface area (Å²) in [6.07, 6.45) is 6.14. The molecule has 10 heteroatoms. The van der Waals surface area contributed by atoms with Crippen molar-refractivity contribution in [3.63, 3.8) is 0 Å². The topological polar surface area (TPSA) is 36.8 Å². The van der Waals surface area contributed by atoms with E-state index in [1.54, 1.807) is 0 Å². The van der Waals surface area contributed by atoms with Crippen LogP contribution in [-0.4, -0.2) is 9.55 Å². The van der Waals surface area contributed by atoms with E-state index in [1.165, 1.54) is 52.0 Å². The van der Waals surface area contributed by atoms with Crippen LogP contribution in [0.3, 0.4) is 0 Å². The fourth-order valence-electron chi connectivity index (χ4n) is 8.66. The Morgan fingerprint density at radius 2 is 1.21 bits per heavy atom. The first kappa shape index (κ1) is 39.8. The zero-order valence-electron chi connectivity index (χ0n) is 34.9. The van der Waals surface area contributed by atoms with Crippen LogP contribution in [0.2, 0.25) is 0 Å². The van der Waals surface area contributed by atoms with Crippen molar-refractivity contribution >= 4 is 85.5 Å². The second-order valence-corrected chi connectivity index (χ2v) is 21.2. The van der Waals surface area contributed by atoms with Crippen LogP contribution in [0.1, 0.15) is 52.7 Å². The Morgan fingerprint density at radius 1 is 0.581 bits per heavy atom. The average Bonchev–Trinajstić information content (AvgIpc) is 3.87. The molecule has 4 aliphatic rings. The van der Waals surface area contributed by atoms with E-state index in [4.69, 9.17) is 9.72 Å². The molecule has 0 spiro atoms. The van der Waals surface area contributed by atoms with Gasteiger partial charge in [-0.1, -0.05) is 113 Å². The molecule has 8 aromatic rings. The number of rotatable bonds is 5. The van der Waals surface area contributed by atoms with Gasteiger partial charge in [0.15, 0.2) is 0 Å². The van der Waals surface area contributed by atoms with E-state index >= 15 is 0 Å².